The van der Waals surface area contributed by atoms with Gasteiger partial charge in [0.05, 0.1) is 6.10 Å². The highest BCUT2D eigenvalue weighted by Gasteiger charge is 2.06. The van der Waals surface area contributed by atoms with Gasteiger partial charge in [0, 0.05) is 0 Å². The maximum atomic E-state index is 9.59. The second-order valence-electron chi connectivity index (χ2n) is 6.19. The van der Waals surface area contributed by atoms with E-state index in [0.717, 1.165) is 33.5 Å². The number of oxazole rings is 1. The highest BCUT2D eigenvalue weighted by molar-refractivity contribution is 5.72. The van der Waals surface area contributed by atoms with E-state index >= 15 is 0 Å². The summed E-state index contributed by atoms with van der Waals surface area (Å²) in [6.45, 7) is 2.05. The monoisotopic (exact) mass is 345 g/mol. The van der Waals surface area contributed by atoms with Crippen LogP contribution in [0.5, 0.6) is 5.75 Å². The Morgan fingerprint density at radius 1 is 0.923 bits per heavy atom. The van der Waals surface area contributed by atoms with Crippen LogP contribution in [-0.2, 0) is 6.61 Å². The van der Waals surface area contributed by atoms with Gasteiger partial charge in [-0.2, -0.15) is 0 Å². The fourth-order valence-corrected chi connectivity index (χ4v) is 2.82. The molecule has 3 aromatic carbocycles. The number of rotatable bonds is 5. The number of hydrogen-bond donors (Lipinski definition) is 1. The van der Waals surface area contributed by atoms with Crippen molar-refractivity contribution in [3.05, 3.63) is 84.3 Å². The molecule has 4 rings (SSSR count). The van der Waals surface area contributed by atoms with Crippen LogP contribution in [0.2, 0.25) is 0 Å². The summed E-state index contributed by atoms with van der Waals surface area (Å²) < 4.78 is 11.4. The normalized spacial score (nSPS) is 12.2. The second kappa shape index (κ2) is 7.02. The topological polar surface area (TPSA) is 55.5 Å². The van der Waals surface area contributed by atoms with Crippen LogP contribution in [0, 0.1) is 0 Å². The molecular formula is C22H19NO3. The first kappa shape index (κ1) is 16.4. The van der Waals surface area contributed by atoms with Crippen molar-refractivity contribution in [3.8, 4) is 16.9 Å². The summed E-state index contributed by atoms with van der Waals surface area (Å²) in [5, 5.41) is 9.59. The molecular weight excluding hydrogens is 326 g/mol. The first-order valence-electron chi connectivity index (χ1n) is 8.55. The summed E-state index contributed by atoms with van der Waals surface area (Å²) in [5.74, 6) is 1.32. The van der Waals surface area contributed by atoms with Crippen LogP contribution in [0.25, 0.3) is 22.2 Å². The maximum Gasteiger partial charge on any atom is 0.233 e. The molecule has 1 aromatic heterocycles. The molecule has 0 amide bonds. The van der Waals surface area contributed by atoms with Crippen LogP contribution in [0.3, 0.4) is 0 Å². The van der Waals surface area contributed by atoms with Gasteiger partial charge in [-0.25, -0.2) is 4.98 Å². The lowest BCUT2D eigenvalue weighted by molar-refractivity contribution is 0.199. The minimum atomic E-state index is -0.452. The average molecular weight is 345 g/mol. The fraction of sp³-hybridized carbons (Fsp3) is 0.136. The van der Waals surface area contributed by atoms with Crippen LogP contribution in [0.15, 0.2) is 77.2 Å². The predicted octanol–water partition coefficient (Wildman–Crippen LogP) is 5.13. The molecule has 1 N–H and O–H groups in total. The number of benzene rings is 3. The summed E-state index contributed by atoms with van der Waals surface area (Å²) in [4.78, 5) is 4.40. The molecule has 1 heterocycles. The quantitative estimate of drug-likeness (QED) is 0.545. The first-order valence-corrected chi connectivity index (χ1v) is 8.55. The Labute approximate surface area is 151 Å². The zero-order chi connectivity index (χ0) is 17.9. The zero-order valence-electron chi connectivity index (χ0n) is 14.4. The third kappa shape index (κ3) is 3.46. The molecule has 1 unspecified atom stereocenters. The molecule has 0 aliphatic carbocycles. The van der Waals surface area contributed by atoms with Gasteiger partial charge in [-0.3, -0.25) is 0 Å². The average Bonchev–Trinajstić information content (AvgIpc) is 3.10. The van der Waals surface area contributed by atoms with Crippen molar-refractivity contribution in [2.75, 3.05) is 0 Å². The van der Waals surface area contributed by atoms with E-state index in [1.807, 2.05) is 72.8 Å². The Balaban J connectivity index is 1.44. The van der Waals surface area contributed by atoms with E-state index in [2.05, 4.69) is 4.98 Å². The SMILES string of the molecule is CC(O)c1ccc(-c2ccc(OCc3nc4ccccc4o3)cc2)cc1. The molecule has 0 aliphatic rings. The lowest BCUT2D eigenvalue weighted by Crippen LogP contribution is -1.95. The number of fused-ring (bicyclic) bond motifs is 1. The molecule has 4 aromatic rings. The summed E-state index contributed by atoms with van der Waals surface area (Å²) >= 11 is 0. The zero-order valence-corrected chi connectivity index (χ0v) is 14.4. The smallest absolute Gasteiger partial charge is 0.233 e. The molecule has 0 aliphatic heterocycles. The molecule has 0 saturated heterocycles. The van der Waals surface area contributed by atoms with Gasteiger partial charge < -0.3 is 14.3 Å². The number of aromatic nitrogens is 1. The molecule has 0 bridgehead atoms. The number of ether oxygens (including phenoxy) is 1. The number of nitrogens with zero attached hydrogens (tertiary/aromatic N) is 1. The number of para-hydroxylation sites is 2. The van der Waals surface area contributed by atoms with Gasteiger partial charge in [-0.1, -0.05) is 48.5 Å². The fourth-order valence-electron chi connectivity index (χ4n) is 2.82. The summed E-state index contributed by atoms with van der Waals surface area (Å²) in [6.07, 6.45) is -0.452. The minimum Gasteiger partial charge on any atom is -0.484 e. The third-order valence-corrected chi connectivity index (χ3v) is 4.28. The van der Waals surface area contributed by atoms with Gasteiger partial charge in [0.1, 0.15) is 11.3 Å². The molecule has 4 heteroatoms. The Morgan fingerprint density at radius 3 is 2.23 bits per heavy atom. The second-order valence-corrected chi connectivity index (χ2v) is 6.19. The van der Waals surface area contributed by atoms with Gasteiger partial charge >= 0.3 is 0 Å². The van der Waals surface area contributed by atoms with Gasteiger partial charge in [0.15, 0.2) is 12.2 Å². The van der Waals surface area contributed by atoms with Crippen molar-refractivity contribution >= 4 is 11.1 Å². The Bertz CT molecular complexity index is 969. The molecule has 130 valence electrons. The molecule has 4 nitrogen and oxygen atoms in total. The first-order chi connectivity index (χ1) is 12.7. The van der Waals surface area contributed by atoms with Crippen LogP contribution in [0.1, 0.15) is 24.5 Å². The van der Waals surface area contributed by atoms with Crippen molar-refractivity contribution in [1.29, 1.82) is 0 Å². The Hall–Kier alpha value is -3.11. The molecule has 0 spiro atoms. The van der Waals surface area contributed by atoms with Crippen molar-refractivity contribution in [3.63, 3.8) is 0 Å². The molecule has 0 saturated carbocycles. The van der Waals surface area contributed by atoms with E-state index in [1.165, 1.54) is 0 Å². The van der Waals surface area contributed by atoms with Gasteiger partial charge in [0.25, 0.3) is 0 Å². The van der Waals surface area contributed by atoms with Crippen LogP contribution < -0.4 is 4.74 Å². The highest BCUT2D eigenvalue weighted by atomic mass is 16.5. The van der Waals surface area contributed by atoms with Gasteiger partial charge in [0.2, 0.25) is 5.89 Å². The summed E-state index contributed by atoms with van der Waals surface area (Å²) in [7, 11) is 0. The van der Waals surface area contributed by atoms with E-state index in [0.29, 0.717) is 5.89 Å². The summed E-state index contributed by atoms with van der Waals surface area (Å²) in [6, 6.07) is 23.5. The largest absolute Gasteiger partial charge is 0.484 e. The van der Waals surface area contributed by atoms with E-state index in [-0.39, 0.29) is 6.61 Å². The lowest BCUT2D eigenvalue weighted by atomic mass is 10.0. The molecule has 1 atom stereocenters. The molecule has 26 heavy (non-hydrogen) atoms. The van der Waals surface area contributed by atoms with Crippen molar-refractivity contribution in [2.45, 2.75) is 19.6 Å². The van der Waals surface area contributed by atoms with Crippen LogP contribution >= 0.6 is 0 Å². The van der Waals surface area contributed by atoms with Crippen molar-refractivity contribution in [1.82, 2.24) is 4.98 Å². The van der Waals surface area contributed by atoms with Crippen LogP contribution in [0.4, 0.5) is 0 Å². The lowest BCUT2D eigenvalue weighted by Gasteiger charge is -2.08. The van der Waals surface area contributed by atoms with Gasteiger partial charge in [-0.15, -0.1) is 0 Å². The Morgan fingerprint density at radius 2 is 1.58 bits per heavy atom. The van der Waals surface area contributed by atoms with E-state index in [1.54, 1.807) is 6.92 Å². The van der Waals surface area contributed by atoms with Crippen LogP contribution in [-0.4, -0.2) is 10.1 Å². The number of hydrogen-bond acceptors (Lipinski definition) is 4. The standard InChI is InChI=1S/C22H19NO3/c1-15(24)16-6-8-17(9-7-16)18-10-12-19(13-11-18)25-14-22-23-20-4-2-3-5-21(20)26-22/h2-13,15,24H,14H2,1H3. The van der Waals surface area contributed by atoms with E-state index in [4.69, 9.17) is 9.15 Å². The third-order valence-electron chi connectivity index (χ3n) is 4.28. The highest BCUT2D eigenvalue weighted by Crippen LogP contribution is 2.25. The molecule has 0 radical (unpaired) electrons. The van der Waals surface area contributed by atoms with Gasteiger partial charge in [-0.05, 0) is 47.9 Å². The summed E-state index contributed by atoms with van der Waals surface area (Å²) in [5.41, 5.74) is 4.70. The number of aliphatic hydroxyl groups is 1. The number of aliphatic hydroxyl groups excluding tert-OH is 1. The van der Waals surface area contributed by atoms with E-state index < -0.39 is 6.10 Å². The van der Waals surface area contributed by atoms with Crippen molar-refractivity contribution < 1.29 is 14.3 Å². The predicted molar refractivity (Wildman–Crippen MR) is 101 cm³/mol. The minimum absolute atomic E-state index is 0.289. The van der Waals surface area contributed by atoms with E-state index in [9.17, 15) is 5.11 Å². The Kier molecular flexibility index (Phi) is 4.42. The maximum absolute atomic E-state index is 9.59. The van der Waals surface area contributed by atoms with Crippen molar-refractivity contribution in [2.24, 2.45) is 0 Å². The molecule has 0 fully saturated rings.